The van der Waals surface area contributed by atoms with Crippen LogP contribution in [0.5, 0.6) is 0 Å². The molecule has 0 aliphatic carbocycles. The minimum absolute atomic E-state index is 0.0231. The summed E-state index contributed by atoms with van der Waals surface area (Å²) in [6.07, 6.45) is 1.75. The molecule has 2 aromatic heterocycles. The fraction of sp³-hybridized carbons (Fsp3) is 0.292. The fourth-order valence-corrected chi connectivity index (χ4v) is 4.42. The zero-order chi connectivity index (χ0) is 23.4. The molecule has 2 aromatic carbocycles. The minimum atomic E-state index is -0.135. The first-order valence-electron chi connectivity index (χ1n) is 10.8. The fourth-order valence-electron chi connectivity index (χ4n) is 3.41. The van der Waals surface area contributed by atoms with Gasteiger partial charge in [-0.3, -0.25) is 14.2 Å². The average Bonchev–Trinajstić information content (AvgIpc) is 3.24. The lowest BCUT2D eigenvalue weighted by molar-refractivity contribution is -0.122. The molecule has 9 heteroatoms. The van der Waals surface area contributed by atoms with Crippen LogP contribution in [0.1, 0.15) is 36.7 Å². The van der Waals surface area contributed by atoms with Gasteiger partial charge >= 0.3 is 0 Å². The van der Waals surface area contributed by atoms with E-state index < -0.39 is 0 Å². The van der Waals surface area contributed by atoms with E-state index in [4.69, 9.17) is 4.98 Å². The highest BCUT2D eigenvalue weighted by atomic mass is 32.2. The maximum absolute atomic E-state index is 12.9. The molecule has 0 atom stereocenters. The number of carbonyl (C=O) groups excluding carboxylic acids is 1. The number of para-hydroxylation sites is 1. The Morgan fingerprint density at radius 1 is 1.12 bits per heavy atom. The molecular formula is C24H26N6O2S. The Bertz CT molecular complexity index is 1330. The quantitative estimate of drug-likeness (QED) is 0.318. The van der Waals surface area contributed by atoms with E-state index in [0.29, 0.717) is 34.1 Å². The van der Waals surface area contributed by atoms with Gasteiger partial charge in [-0.1, -0.05) is 58.9 Å². The van der Waals surface area contributed by atoms with E-state index in [0.717, 1.165) is 5.56 Å². The molecule has 0 aliphatic heterocycles. The average molecular weight is 463 g/mol. The third kappa shape index (κ3) is 5.48. The summed E-state index contributed by atoms with van der Waals surface area (Å²) < 4.78 is 3.22. The summed E-state index contributed by atoms with van der Waals surface area (Å²) in [5.74, 6) is 0.354. The minimum Gasteiger partial charge on any atom is -0.350 e. The summed E-state index contributed by atoms with van der Waals surface area (Å²) in [6.45, 7) is 6.52. The van der Waals surface area contributed by atoms with Crippen molar-refractivity contribution in [1.82, 2.24) is 29.9 Å². The summed E-state index contributed by atoms with van der Waals surface area (Å²) in [5.41, 5.74) is 3.57. The van der Waals surface area contributed by atoms with Crippen molar-refractivity contribution >= 4 is 28.6 Å². The Hall–Kier alpha value is -3.46. The topological polar surface area (TPSA) is 94.7 Å². The highest BCUT2D eigenvalue weighted by Gasteiger charge is 2.15. The Balaban J connectivity index is 1.39. The number of nitrogens with one attached hydrogen (secondary N) is 1. The SMILES string of the molecule is Cc1ccc(CNC(=O)Cn2cc(CSc3nc4ccccc4c(=O)n3C(C)C)nn2)cc1. The highest BCUT2D eigenvalue weighted by molar-refractivity contribution is 7.98. The lowest BCUT2D eigenvalue weighted by Gasteiger charge is -2.15. The number of amides is 1. The van der Waals surface area contributed by atoms with Crippen molar-refractivity contribution in [3.05, 3.63) is 81.9 Å². The number of thioether (sulfide) groups is 1. The van der Waals surface area contributed by atoms with Gasteiger partial charge in [-0.15, -0.1) is 5.10 Å². The van der Waals surface area contributed by atoms with E-state index in [2.05, 4.69) is 15.6 Å². The molecule has 4 rings (SSSR count). The molecule has 8 nitrogen and oxygen atoms in total. The van der Waals surface area contributed by atoms with E-state index in [9.17, 15) is 9.59 Å². The molecule has 1 N–H and O–H groups in total. The van der Waals surface area contributed by atoms with Gasteiger partial charge in [-0.05, 0) is 38.5 Å². The van der Waals surface area contributed by atoms with Gasteiger partial charge in [-0.2, -0.15) is 0 Å². The van der Waals surface area contributed by atoms with E-state index in [-0.39, 0.29) is 24.1 Å². The van der Waals surface area contributed by atoms with E-state index in [1.54, 1.807) is 16.8 Å². The van der Waals surface area contributed by atoms with Crippen LogP contribution in [0.2, 0.25) is 0 Å². The monoisotopic (exact) mass is 462 g/mol. The van der Waals surface area contributed by atoms with Gasteiger partial charge in [-0.25, -0.2) is 9.67 Å². The van der Waals surface area contributed by atoms with Gasteiger partial charge in [0.25, 0.3) is 5.56 Å². The molecule has 4 aromatic rings. The van der Waals surface area contributed by atoms with Crippen molar-refractivity contribution in [2.45, 2.75) is 50.8 Å². The molecule has 33 heavy (non-hydrogen) atoms. The number of fused-ring (bicyclic) bond motifs is 1. The first kappa shape index (κ1) is 22.7. The zero-order valence-electron chi connectivity index (χ0n) is 18.9. The van der Waals surface area contributed by atoms with Crippen LogP contribution in [0.25, 0.3) is 10.9 Å². The van der Waals surface area contributed by atoms with Crippen LogP contribution in [0.15, 0.2) is 64.7 Å². The molecule has 0 fully saturated rings. The number of hydrogen-bond donors (Lipinski definition) is 1. The summed E-state index contributed by atoms with van der Waals surface area (Å²) in [6, 6.07) is 15.4. The number of carbonyl (C=O) groups is 1. The predicted molar refractivity (Wildman–Crippen MR) is 129 cm³/mol. The number of nitrogens with zero attached hydrogens (tertiary/aromatic N) is 5. The zero-order valence-corrected chi connectivity index (χ0v) is 19.7. The molecule has 0 saturated carbocycles. The van der Waals surface area contributed by atoms with Gasteiger partial charge in [0, 0.05) is 24.5 Å². The third-order valence-electron chi connectivity index (χ3n) is 5.14. The van der Waals surface area contributed by atoms with Crippen molar-refractivity contribution in [3.63, 3.8) is 0 Å². The van der Waals surface area contributed by atoms with Crippen LogP contribution >= 0.6 is 11.8 Å². The molecule has 1 amide bonds. The molecule has 170 valence electrons. The van der Waals surface area contributed by atoms with Crippen molar-refractivity contribution in [1.29, 1.82) is 0 Å². The summed E-state index contributed by atoms with van der Waals surface area (Å²) in [4.78, 5) is 29.9. The van der Waals surface area contributed by atoms with Gasteiger partial charge in [0.15, 0.2) is 5.16 Å². The number of benzene rings is 2. The molecule has 0 saturated heterocycles. The molecule has 0 radical (unpaired) electrons. The van der Waals surface area contributed by atoms with Gasteiger partial charge in [0.05, 0.1) is 16.6 Å². The van der Waals surface area contributed by atoms with Crippen molar-refractivity contribution in [2.24, 2.45) is 0 Å². The largest absolute Gasteiger partial charge is 0.350 e. The lowest BCUT2D eigenvalue weighted by atomic mass is 10.1. The first-order chi connectivity index (χ1) is 15.9. The maximum Gasteiger partial charge on any atom is 0.262 e. The second-order valence-corrected chi connectivity index (χ2v) is 9.08. The smallest absolute Gasteiger partial charge is 0.262 e. The molecule has 2 heterocycles. The summed E-state index contributed by atoms with van der Waals surface area (Å²) in [5, 5.41) is 12.4. The molecular weight excluding hydrogens is 436 g/mol. The van der Waals surface area contributed by atoms with E-state index >= 15 is 0 Å². The Morgan fingerprint density at radius 2 is 1.88 bits per heavy atom. The predicted octanol–water partition coefficient (Wildman–Crippen LogP) is 3.49. The maximum atomic E-state index is 12.9. The second-order valence-electron chi connectivity index (χ2n) is 8.14. The number of rotatable bonds is 8. The van der Waals surface area contributed by atoms with Crippen LogP contribution in [0.4, 0.5) is 0 Å². The van der Waals surface area contributed by atoms with Crippen molar-refractivity contribution in [2.75, 3.05) is 0 Å². The Labute approximate surface area is 196 Å². The second kappa shape index (κ2) is 9.99. The molecule has 0 aliphatic rings. The van der Waals surface area contributed by atoms with Crippen molar-refractivity contribution < 1.29 is 4.79 Å². The summed E-state index contributed by atoms with van der Waals surface area (Å²) in [7, 11) is 0. The lowest BCUT2D eigenvalue weighted by Crippen LogP contribution is -2.27. The van der Waals surface area contributed by atoms with E-state index in [1.165, 1.54) is 22.0 Å². The van der Waals surface area contributed by atoms with Crippen molar-refractivity contribution in [3.8, 4) is 0 Å². The van der Waals surface area contributed by atoms with Crippen LogP contribution < -0.4 is 10.9 Å². The first-order valence-corrected chi connectivity index (χ1v) is 11.7. The Morgan fingerprint density at radius 3 is 2.64 bits per heavy atom. The number of aromatic nitrogens is 5. The van der Waals surface area contributed by atoms with Crippen LogP contribution in [-0.2, 0) is 23.6 Å². The number of hydrogen-bond acceptors (Lipinski definition) is 6. The van der Waals surface area contributed by atoms with Gasteiger partial charge < -0.3 is 5.32 Å². The van der Waals surface area contributed by atoms with Gasteiger partial charge in [0.1, 0.15) is 6.54 Å². The van der Waals surface area contributed by atoms with E-state index in [1.807, 2.05) is 63.2 Å². The standard InChI is InChI=1S/C24H26N6O2S/c1-16(2)30-23(32)20-6-4-5-7-21(20)26-24(30)33-15-19-13-29(28-27-19)14-22(31)25-12-18-10-8-17(3)9-11-18/h4-11,13,16H,12,14-15H2,1-3H3,(H,25,31). The molecule has 0 unspecified atom stereocenters. The van der Waals surface area contributed by atoms with Crippen LogP contribution in [0, 0.1) is 6.92 Å². The highest BCUT2D eigenvalue weighted by Crippen LogP contribution is 2.23. The Kier molecular flexibility index (Phi) is 6.88. The number of aryl methyl sites for hydroxylation is 1. The van der Waals surface area contributed by atoms with Crippen LogP contribution in [0.3, 0.4) is 0 Å². The normalized spacial score (nSPS) is 11.3. The third-order valence-corrected chi connectivity index (χ3v) is 6.13. The van der Waals surface area contributed by atoms with Gasteiger partial charge in [0.2, 0.25) is 5.91 Å². The van der Waals surface area contributed by atoms with Crippen LogP contribution in [-0.4, -0.2) is 30.5 Å². The molecule has 0 spiro atoms. The summed E-state index contributed by atoms with van der Waals surface area (Å²) >= 11 is 1.43. The molecule has 0 bridgehead atoms.